The molecule has 1 rings (SSSR count). The number of aromatic amines is 1. The molecule has 8 nitrogen and oxygen atoms in total. The highest BCUT2D eigenvalue weighted by Crippen LogP contribution is 2.12. The Hall–Kier alpha value is -1.74. The molecule has 0 saturated heterocycles. The average molecular weight is 270 g/mol. The zero-order chi connectivity index (χ0) is 14.4. The van der Waals surface area contributed by atoms with E-state index in [-0.39, 0.29) is 24.5 Å². The van der Waals surface area contributed by atoms with E-state index in [4.69, 9.17) is 15.9 Å². The number of aromatic nitrogens is 2. The van der Waals surface area contributed by atoms with Crippen LogP contribution in [0.1, 0.15) is 5.69 Å². The van der Waals surface area contributed by atoms with E-state index in [9.17, 15) is 9.90 Å². The Bertz CT molecular complexity index is 488. The minimum Gasteiger partial charge on any atom is -0.395 e. The Labute approximate surface area is 109 Å². The van der Waals surface area contributed by atoms with Crippen LogP contribution in [-0.4, -0.2) is 57.2 Å². The molecule has 2 unspecified atom stereocenters. The summed E-state index contributed by atoms with van der Waals surface area (Å²) in [5, 5.41) is 30.0. The van der Waals surface area contributed by atoms with Gasteiger partial charge in [-0.3, -0.25) is 4.79 Å². The quantitative estimate of drug-likeness (QED) is 0.326. The van der Waals surface area contributed by atoms with Crippen LogP contribution < -0.4 is 16.6 Å². The van der Waals surface area contributed by atoms with E-state index in [1.807, 2.05) is 0 Å². The topological polar surface area (TPSA) is 144 Å². The van der Waals surface area contributed by atoms with Gasteiger partial charge in [0.2, 0.25) is 0 Å². The number of H-pyrrole nitrogens is 1. The number of nitrogen functional groups attached to an aromatic ring is 1. The lowest BCUT2D eigenvalue weighted by atomic mass is 10.1. The van der Waals surface area contributed by atoms with Gasteiger partial charge in [-0.2, -0.15) is 0 Å². The van der Waals surface area contributed by atoms with Crippen LogP contribution in [0.2, 0.25) is 0 Å². The van der Waals surface area contributed by atoms with Crippen molar-refractivity contribution in [2.45, 2.75) is 12.1 Å². The van der Waals surface area contributed by atoms with Crippen LogP contribution in [0.3, 0.4) is 0 Å². The Balaban J connectivity index is 2.70. The van der Waals surface area contributed by atoms with Gasteiger partial charge in [-0.25, -0.2) is 4.98 Å². The number of hydrogen-bond donors (Lipinski definition) is 6. The molecule has 1 heterocycles. The van der Waals surface area contributed by atoms with Gasteiger partial charge in [0.1, 0.15) is 5.69 Å². The molecular weight excluding hydrogens is 252 g/mol. The van der Waals surface area contributed by atoms with Crippen molar-refractivity contribution in [1.29, 1.82) is 0 Å². The van der Waals surface area contributed by atoms with Gasteiger partial charge >= 0.3 is 0 Å². The fraction of sp³-hybridized carbons (Fsp3) is 0.455. The molecule has 0 aliphatic carbocycles. The molecule has 7 N–H and O–H groups in total. The van der Waals surface area contributed by atoms with Crippen molar-refractivity contribution < 1.29 is 15.3 Å². The molecule has 106 valence electrons. The molecule has 0 fully saturated rings. The average Bonchev–Trinajstić information content (AvgIpc) is 2.41. The summed E-state index contributed by atoms with van der Waals surface area (Å²) in [7, 11) is 0. The summed E-state index contributed by atoms with van der Waals surface area (Å²) in [5.41, 5.74) is 5.77. The third-order valence-electron chi connectivity index (χ3n) is 2.65. The number of aliphatic hydroxyl groups is 3. The summed E-state index contributed by atoms with van der Waals surface area (Å²) in [4.78, 5) is 17.5. The SMILES string of the molecule is C=C(CNC(CO)C(O)CO)c1nc[nH]c(=O)c1N. The lowest BCUT2D eigenvalue weighted by Crippen LogP contribution is -2.45. The summed E-state index contributed by atoms with van der Waals surface area (Å²) < 4.78 is 0. The van der Waals surface area contributed by atoms with Gasteiger partial charge in [-0.1, -0.05) is 6.58 Å². The van der Waals surface area contributed by atoms with Crippen LogP contribution >= 0.6 is 0 Å². The third kappa shape index (κ3) is 3.86. The van der Waals surface area contributed by atoms with E-state index in [1.54, 1.807) is 0 Å². The highest BCUT2D eigenvalue weighted by Gasteiger charge is 2.18. The number of nitrogens with one attached hydrogen (secondary N) is 2. The first-order valence-electron chi connectivity index (χ1n) is 5.65. The summed E-state index contributed by atoms with van der Waals surface area (Å²) in [6.07, 6.45) is 0.118. The molecule has 0 spiro atoms. The van der Waals surface area contributed by atoms with Crippen LogP contribution in [-0.2, 0) is 0 Å². The minimum absolute atomic E-state index is 0.0439. The molecule has 0 aliphatic rings. The minimum atomic E-state index is -1.10. The van der Waals surface area contributed by atoms with Gasteiger partial charge in [0, 0.05) is 6.54 Å². The molecule has 0 aliphatic heterocycles. The second-order valence-corrected chi connectivity index (χ2v) is 4.02. The third-order valence-corrected chi connectivity index (χ3v) is 2.65. The van der Waals surface area contributed by atoms with E-state index in [2.05, 4.69) is 21.9 Å². The maximum atomic E-state index is 11.3. The van der Waals surface area contributed by atoms with E-state index in [1.165, 1.54) is 6.33 Å². The number of aliphatic hydroxyl groups excluding tert-OH is 3. The number of nitrogens with zero attached hydrogens (tertiary/aromatic N) is 1. The van der Waals surface area contributed by atoms with Crippen molar-refractivity contribution in [3.8, 4) is 0 Å². The van der Waals surface area contributed by atoms with Crippen molar-refractivity contribution in [1.82, 2.24) is 15.3 Å². The standard InChI is InChI=1S/C11H18N4O4/c1-6(2-13-7(3-16)8(18)4-17)10-9(12)11(19)15-5-14-10/h5,7-8,13,16-18H,1-4,12H2,(H,14,15,19). The van der Waals surface area contributed by atoms with Crippen molar-refractivity contribution in [3.63, 3.8) is 0 Å². The van der Waals surface area contributed by atoms with Gasteiger partial charge in [0.15, 0.2) is 0 Å². The Morgan fingerprint density at radius 1 is 1.53 bits per heavy atom. The molecule has 8 heteroatoms. The largest absolute Gasteiger partial charge is 0.395 e. The van der Waals surface area contributed by atoms with E-state index in [0.717, 1.165) is 0 Å². The Morgan fingerprint density at radius 3 is 2.79 bits per heavy atom. The van der Waals surface area contributed by atoms with Crippen LogP contribution in [0, 0.1) is 0 Å². The molecular formula is C11H18N4O4. The van der Waals surface area contributed by atoms with Crippen molar-refractivity contribution in [2.24, 2.45) is 0 Å². The van der Waals surface area contributed by atoms with Gasteiger partial charge in [-0.15, -0.1) is 0 Å². The molecule has 19 heavy (non-hydrogen) atoms. The molecule has 0 saturated carbocycles. The second kappa shape index (κ2) is 7.00. The summed E-state index contributed by atoms with van der Waals surface area (Å²) in [5.74, 6) is 0. The smallest absolute Gasteiger partial charge is 0.274 e. The van der Waals surface area contributed by atoms with E-state index in [0.29, 0.717) is 5.57 Å². The van der Waals surface area contributed by atoms with Crippen molar-refractivity contribution >= 4 is 11.3 Å². The lowest BCUT2D eigenvalue weighted by Gasteiger charge is -2.21. The fourth-order valence-electron chi connectivity index (χ4n) is 1.48. The summed E-state index contributed by atoms with van der Waals surface area (Å²) in [6.45, 7) is 3.06. The Kier molecular flexibility index (Phi) is 5.64. The number of anilines is 1. The highest BCUT2D eigenvalue weighted by atomic mass is 16.3. The maximum absolute atomic E-state index is 11.3. The molecule has 0 aromatic carbocycles. The molecule has 2 atom stereocenters. The zero-order valence-electron chi connectivity index (χ0n) is 10.3. The normalized spacial score (nSPS) is 14.1. The van der Waals surface area contributed by atoms with Gasteiger partial charge in [0.25, 0.3) is 5.56 Å². The first-order chi connectivity index (χ1) is 9.01. The van der Waals surface area contributed by atoms with E-state index < -0.39 is 24.3 Å². The number of nitrogens with two attached hydrogens (primary N) is 1. The second-order valence-electron chi connectivity index (χ2n) is 4.02. The monoisotopic (exact) mass is 270 g/mol. The van der Waals surface area contributed by atoms with Crippen LogP contribution in [0.5, 0.6) is 0 Å². The van der Waals surface area contributed by atoms with E-state index >= 15 is 0 Å². The first kappa shape index (κ1) is 15.3. The number of rotatable bonds is 7. The highest BCUT2D eigenvalue weighted by molar-refractivity contribution is 5.70. The lowest BCUT2D eigenvalue weighted by molar-refractivity contribution is 0.0432. The number of hydrogen-bond acceptors (Lipinski definition) is 7. The van der Waals surface area contributed by atoms with Crippen LogP contribution in [0.15, 0.2) is 17.7 Å². The predicted molar refractivity (Wildman–Crippen MR) is 70.3 cm³/mol. The van der Waals surface area contributed by atoms with Gasteiger partial charge in [-0.05, 0) is 5.57 Å². The van der Waals surface area contributed by atoms with Crippen LogP contribution in [0.4, 0.5) is 5.69 Å². The molecule has 0 bridgehead atoms. The summed E-state index contributed by atoms with van der Waals surface area (Å²) >= 11 is 0. The molecule has 1 aromatic rings. The molecule has 1 aromatic heterocycles. The maximum Gasteiger partial charge on any atom is 0.274 e. The van der Waals surface area contributed by atoms with Gasteiger partial charge in [0.05, 0.1) is 37.4 Å². The van der Waals surface area contributed by atoms with Crippen molar-refractivity contribution in [2.75, 3.05) is 25.5 Å². The van der Waals surface area contributed by atoms with Crippen molar-refractivity contribution in [3.05, 3.63) is 29.0 Å². The summed E-state index contributed by atoms with van der Waals surface area (Å²) in [6, 6.07) is -0.704. The first-order valence-corrected chi connectivity index (χ1v) is 5.65. The molecule has 0 radical (unpaired) electrons. The Morgan fingerprint density at radius 2 is 2.21 bits per heavy atom. The fourth-order valence-corrected chi connectivity index (χ4v) is 1.48. The zero-order valence-corrected chi connectivity index (χ0v) is 10.3. The predicted octanol–water partition coefficient (Wildman–Crippen LogP) is -2.33. The van der Waals surface area contributed by atoms with Crippen LogP contribution in [0.25, 0.3) is 5.57 Å². The molecule has 0 amide bonds. The van der Waals surface area contributed by atoms with Gasteiger partial charge < -0.3 is 31.4 Å².